The minimum Gasteiger partial charge on any atom is -0.335 e. The summed E-state index contributed by atoms with van der Waals surface area (Å²) >= 11 is 0. The van der Waals surface area contributed by atoms with Crippen molar-refractivity contribution in [2.24, 2.45) is 0 Å². The third kappa shape index (κ3) is 3.17. The van der Waals surface area contributed by atoms with Gasteiger partial charge in [-0.2, -0.15) is 10.2 Å². The van der Waals surface area contributed by atoms with Crippen LogP contribution in [0.25, 0.3) is 5.69 Å². The zero-order chi connectivity index (χ0) is 17.2. The van der Waals surface area contributed by atoms with Gasteiger partial charge in [-0.3, -0.25) is 9.48 Å². The summed E-state index contributed by atoms with van der Waals surface area (Å²) in [6.45, 7) is 1.35. The second kappa shape index (κ2) is 6.51. The largest absolute Gasteiger partial charge is 0.335 e. The highest BCUT2D eigenvalue weighted by atomic mass is 19.1. The van der Waals surface area contributed by atoms with Crippen molar-refractivity contribution in [3.8, 4) is 5.69 Å². The van der Waals surface area contributed by atoms with Gasteiger partial charge in [0, 0.05) is 31.7 Å². The number of piperidine rings is 1. The Labute approximate surface area is 144 Å². The molecule has 3 aromatic rings. The Morgan fingerprint density at radius 3 is 2.76 bits per heavy atom. The smallest absolute Gasteiger partial charge is 0.274 e. The normalized spacial score (nSPS) is 17.6. The Balaban J connectivity index is 1.50. The van der Waals surface area contributed by atoms with E-state index < -0.39 is 0 Å². The third-order valence-corrected chi connectivity index (χ3v) is 4.48. The van der Waals surface area contributed by atoms with Crippen LogP contribution in [0.1, 0.15) is 29.4 Å². The van der Waals surface area contributed by atoms with Gasteiger partial charge in [0.2, 0.25) is 0 Å². The van der Waals surface area contributed by atoms with E-state index >= 15 is 0 Å². The molecule has 128 valence electrons. The molecule has 0 unspecified atom stereocenters. The number of hydrogen-bond acceptors (Lipinski definition) is 3. The van der Waals surface area contributed by atoms with Crippen LogP contribution in [0, 0.1) is 5.82 Å². The zero-order valence-corrected chi connectivity index (χ0v) is 13.6. The Kier molecular flexibility index (Phi) is 4.05. The van der Waals surface area contributed by atoms with Gasteiger partial charge in [0.25, 0.3) is 5.91 Å². The maximum atomic E-state index is 13.0. The Hall–Kier alpha value is -2.96. The van der Waals surface area contributed by atoms with Gasteiger partial charge in [0.15, 0.2) is 5.69 Å². The Morgan fingerprint density at radius 1 is 1.16 bits per heavy atom. The summed E-state index contributed by atoms with van der Waals surface area (Å²) in [7, 11) is 0. The number of carbonyl (C=O) groups is 1. The first-order chi connectivity index (χ1) is 12.2. The molecule has 6 nitrogen and oxygen atoms in total. The number of carbonyl (C=O) groups excluding carboxylic acids is 1. The lowest BCUT2D eigenvalue weighted by molar-refractivity contribution is 0.0666. The van der Waals surface area contributed by atoms with E-state index in [2.05, 4.69) is 10.2 Å². The van der Waals surface area contributed by atoms with E-state index in [1.807, 2.05) is 21.8 Å². The number of hydrogen-bond donors (Lipinski definition) is 0. The van der Waals surface area contributed by atoms with Gasteiger partial charge in [-0.15, -0.1) is 0 Å². The summed E-state index contributed by atoms with van der Waals surface area (Å²) in [5.41, 5.74) is 1.11. The number of halogens is 1. The lowest BCUT2D eigenvalue weighted by atomic mass is 10.1. The lowest BCUT2D eigenvalue weighted by Crippen LogP contribution is -2.41. The second-order valence-corrected chi connectivity index (χ2v) is 6.16. The van der Waals surface area contributed by atoms with Crippen molar-refractivity contribution < 1.29 is 9.18 Å². The minimum atomic E-state index is -0.301. The lowest BCUT2D eigenvalue weighted by Gasteiger charge is -2.32. The number of nitrogens with zero attached hydrogens (tertiary/aromatic N) is 5. The van der Waals surface area contributed by atoms with Crippen molar-refractivity contribution in [2.75, 3.05) is 13.1 Å². The highest BCUT2D eigenvalue weighted by molar-refractivity contribution is 5.92. The topological polar surface area (TPSA) is 56.0 Å². The van der Waals surface area contributed by atoms with Gasteiger partial charge in [-0.25, -0.2) is 9.07 Å². The molecule has 0 N–H and O–H groups in total. The molecule has 25 heavy (non-hydrogen) atoms. The number of likely N-dealkylation sites (tertiary alicyclic amines) is 1. The van der Waals surface area contributed by atoms with Crippen LogP contribution in [-0.2, 0) is 0 Å². The van der Waals surface area contributed by atoms with E-state index in [0.29, 0.717) is 17.9 Å². The van der Waals surface area contributed by atoms with E-state index in [-0.39, 0.29) is 17.8 Å². The summed E-state index contributed by atoms with van der Waals surface area (Å²) in [5, 5.41) is 8.64. The molecule has 0 bridgehead atoms. The highest BCUT2D eigenvalue weighted by Gasteiger charge is 2.26. The maximum Gasteiger partial charge on any atom is 0.274 e. The van der Waals surface area contributed by atoms with Crippen LogP contribution < -0.4 is 0 Å². The SMILES string of the molecule is O=C(c1ccn(-c2ccc(F)cc2)n1)N1CCC[C@@H](n2cccn2)C1. The van der Waals surface area contributed by atoms with Gasteiger partial charge < -0.3 is 4.90 Å². The molecule has 1 atom stereocenters. The predicted molar refractivity (Wildman–Crippen MR) is 89.9 cm³/mol. The molecule has 3 heterocycles. The minimum absolute atomic E-state index is 0.0854. The van der Waals surface area contributed by atoms with Crippen molar-refractivity contribution in [1.29, 1.82) is 0 Å². The first-order valence-corrected chi connectivity index (χ1v) is 8.31. The average molecular weight is 339 g/mol. The van der Waals surface area contributed by atoms with Crippen LogP contribution in [0.4, 0.5) is 4.39 Å². The molecule has 0 spiro atoms. The summed E-state index contributed by atoms with van der Waals surface area (Å²) in [4.78, 5) is 14.6. The van der Waals surface area contributed by atoms with Gasteiger partial charge in [-0.05, 0) is 49.2 Å². The quantitative estimate of drug-likeness (QED) is 0.737. The molecule has 1 amide bonds. The average Bonchev–Trinajstić information content (AvgIpc) is 3.34. The summed E-state index contributed by atoms with van der Waals surface area (Å²) in [6, 6.07) is 9.80. The van der Waals surface area contributed by atoms with Crippen LogP contribution in [0.3, 0.4) is 0 Å². The predicted octanol–water partition coefficient (Wildman–Crippen LogP) is 2.69. The molecular formula is C18H18FN5O. The fourth-order valence-electron chi connectivity index (χ4n) is 3.19. The van der Waals surface area contributed by atoms with Crippen molar-refractivity contribution in [1.82, 2.24) is 24.5 Å². The summed E-state index contributed by atoms with van der Waals surface area (Å²) < 4.78 is 16.5. The molecule has 1 aromatic carbocycles. The van der Waals surface area contributed by atoms with Crippen molar-refractivity contribution in [3.05, 3.63) is 66.5 Å². The van der Waals surface area contributed by atoms with Crippen LogP contribution in [0.2, 0.25) is 0 Å². The number of amides is 1. The van der Waals surface area contributed by atoms with Crippen LogP contribution in [0.15, 0.2) is 55.0 Å². The van der Waals surface area contributed by atoms with Gasteiger partial charge >= 0.3 is 0 Å². The Bertz CT molecular complexity index is 856. The monoisotopic (exact) mass is 339 g/mol. The maximum absolute atomic E-state index is 13.0. The van der Waals surface area contributed by atoms with Crippen LogP contribution in [0.5, 0.6) is 0 Å². The molecule has 4 rings (SSSR count). The van der Waals surface area contributed by atoms with E-state index in [0.717, 1.165) is 19.4 Å². The molecule has 1 aliphatic heterocycles. The highest BCUT2D eigenvalue weighted by Crippen LogP contribution is 2.22. The first kappa shape index (κ1) is 15.6. The fraction of sp³-hybridized carbons (Fsp3) is 0.278. The molecular weight excluding hydrogens is 321 g/mol. The molecule has 7 heteroatoms. The molecule has 1 saturated heterocycles. The van der Waals surface area contributed by atoms with Gasteiger partial charge in [0.1, 0.15) is 5.82 Å². The standard InChI is InChI=1S/C18H18FN5O/c19-14-4-6-15(7-5-14)24-12-8-17(21-24)18(25)22-10-1-3-16(13-22)23-11-2-9-20-23/h2,4-9,11-12,16H,1,3,10,13H2/t16-/m1/s1. The van der Waals surface area contributed by atoms with Gasteiger partial charge in [0.05, 0.1) is 11.7 Å². The van der Waals surface area contributed by atoms with E-state index in [9.17, 15) is 9.18 Å². The van der Waals surface area contributed by atoms with Crippen LogP contribution in [-0.4, -0.2) is 43.5 Å². The molecule has 0 radical (unpaired) electrons. The number of aromatic nitrogens is 4. The van der Waals surface area contributed by atoms with Crippen molar-refractivity contribution in [2.45, 2.75) is 18.9 Å². The third-order valence-electron chi connectivity index (χ3n) is 4.48. The van der Waals surface area contributed by atoms with Gasteiger partial charge in [-0.1, -0.05) is 0 Å². The zero-order valence-electron chi connectivity index (χ0n) is 13.6. The molecule has 0 saturated carbocycles. The summed E-state index contributed by atoms with van der Waals surface area (Å²) in [6.07, 6.45) is 7.35. The second-order valence-electron chi connectivity index (χ2n) is 6.16. The molecule has 2 aromatic heterocycles. The number of benzene rings is 1. The molecule has 0 aliphatic carbocycles. The Morgan fingerprint density at radius 2 is 2.00 bits per heavy atom. The van der Waals surface area contributed by atoms with Crippen LogP contribution >= 0.6 is 0 Å². The van der Waals surface area contributed by atoms with E-state index in [1.165, 1.54) is 12.1 Å². The molecule has 1 aliphatic rings. The fourth-order valence-corrected chi connectivity index (χ4v) is 3.19. The first-order valence-electron chi connectivity index (χ1n) is 8.31. The van der Waals surface area contributed by atoms with Crippen molar-refractivity contribution >= 4 is 5.91 Å². The summed E-state index contributed by atoms with van der Waals surface area (Å²) in [5.74, 6) is -0.386. The van der Waals surface area contributed by atoms with E-state index in [1.54, 1.807) is 35.3 Å². The molecule has 1 fully saturated rings. The van der Waals surface area contributed by atoms with Crippen molar-refractivity contribution in [3.63, 3.8) is 0 Å². The van der Waals surface area contributed by atoms with E-state index in [4.69, 9.17) is 0 Å². The number of rotatable bonds is 3.